The Morgan fingerprint density at radius 3 is 2.47 bits per heavy atom. The Morgan fingerprint density at radius 1 is 1.47 bits per heavy atom. The third-order valence-electron chi connectivity index (χ3n) is 2.53. The smallest absolute Gasteiger partial charge is 0.371 e. The van der Waals surface area contributed by atoms with E-state index >= 15 is 0 Å². The van der Waals surface area contributed by atoms with Crippen molar-refractivity contribution in [3.05, 3.63) is 23.7 Å². The Bertz CT molecular complexity index is 383. The number of nitrogens with one attached hydrogen (secondary N) is 1. The van der Waals surface area contributed by atoms with Gasteiger partial charge in [0.1, 0.15) is 5.76 Å². The highest BCUT2D eigenvalue weighted by Gasteiger charge is 2.26. The van der Waals surface area contributed by atoms with E-state index in [-0.39, 0.29) is 25.0 Å². The van der Waals surface area contributed by atoms with Crippen LogP contribution in [0.15, 0.2) is 16.5 Å². The first-order valence-corrected chi connectivity index (χ1v) is 5.24. The van der Waals surface area contributed by atoms with Gasteiger partial charge in [-0.3, -0.25) is 5.32 Å². The van der Waals surface area contributed by atoms with E-state index < -0.39 is 11.5 Å². The standard InChI is InChI=1S/C11H17NO5/c1-7(12-11(2,5-13)6-14)8-3-4-9(17-8)10(15)16/h3-4,7,12-14H,5-6H2,1-2H3,(H,15,16). The van der Waals surface area contributed by atoms with Gasteiger partial charge in [0.15, 0.2) is 0 Å². The topological polar surface area (TPSA) is 103 Å². The second kappa shape index (κ2) is 5.31. The molecule has 6 nitrogen and oxygen atoms in total. The summed E-state index contributed by atoms with van der Waals surface area (Å²) in [6.45, 7) is 2.94. The lowest BCUT2D eigenvalue weighted by Gasteiger charge is -2.29. The van der Waals surface area contributed by atoms with Crippen LogP contribution >= 0.6 is 0 Å². The third-order valence-corrected chi connectivity index (χ3v) is 2.53. The maximum absolute atomic E-state index is 10.6. The van der Waals surface area contributed by atoms with E-state index in [1.54, 1.807) is 19.9 Å². The fraction of sp³-hybridized carbons (Fsp3) is 0.545. The zero-order chi connectivity index (χ0) is 13.1. The number of rotatable bonds is 6. The van der Waals surface area contributed by atoms with Crippen molar-refractivity contribution in [3.8, 4) is 0 Å². The van der Waals surface area contributed by atoms with Crippen LogP contribution in [0.5, 0.6) is 0 Å². The Labute approximate surface area is 98.9 Å². The van der Waals surface area contributed by atoms with Crippen LogP contribution in [0.2, 0.25) is 0 Å². The highest BCUT2D eigenvalue weighted by Crippen LogP contribution is 2.19. The van der Waals surface area contributed by atoms with Crippen LogP contribution in [0.1, 0.15) is 36.2 Å². The lowest BCUT2D eigenvalue weighted by atomic mass is 10.0. The first kappa shape index (κ1) is 13.7. The van der Waals surface area contributed by atoms with Gasteiger partial charge in [-0.2, -0.15) is 0 Å². The molecule has 0 amide bonds. The molecule has 0 fully saturated rings. The molecule has 17 heavy (non-hydrogen) atoms. The largest absolute Gasteiger partial charge is 0.475 e. The molecule has 0 saturated carbocycles. The SMILES string of the molecule is CC(NC(C)(CO)CO)c1ccc(C(=O)O)o1. The molecule has 1 heterocycles. The van der Waals surface area contributed by atoms with Gasteiger partial charge in [-0.05, 0) is 26.0 Å². The quantitative estimate of drug-likeness (QED) is 0.575. The number of hydrogen-bond donors (Lipinski definition) is 4. The molecule has 4 N–H and O–H groups in total. The van der Waals surface area contributed by atoms with Crippen LogP contribution in [0.25, 0.3) is 0 Å². The summed E-state index contributed by atoms with van der Waals surface area (Å²) in [7, 11) is 0. The van der Waals surface area contributed by atoms with Gasteiger partial charge in [0.25, 0.3) is 0 Å². The van der Waals surface area contributed by atoms with Gasteiger partial charge in [-0.15, -0.1) is 0 Å². The summed E-state index contributed by atoms with van der Waals surface area (Å²) in [5, 5.41) is 29.9. The Kier molecular flexibility index (Phi) is 4.28. The maximum atomic E-state index is 10.6. The van der Waals surface area contributed by atoms with Crippen LogP contribution in [-0.4, -0.2) is 40.0 Å². The fourth-order valence-corrected chi connectivity index (χ4v) is 1.44. The van der Waals surface area contributed by atoms with Gasteiger partial charge in [-0.1, -0.05) is 0 Å². The molecule has 1 aromatic heterocycles. The highest BCUT2D eigenvalue weighted by atomic mass is 16.4. The molecule has 0 bridgehead atoms. The molecular weight excluding hydrogens is 226 g/mol. The van der Waals surface area contributed by atoms with Crippen molar-refractivity contribution < 1.29 is 24.5 Å². The highest BCUT2D eigenvalue weighted by molar-refractivity contribution is 5.84. The molecule has 0 radical (unpaired) electrons. The number of carboxylic acids is 1. The summed E-state index contributed by atoms with van der Waals surface area (Å²) in [4.78, 5) is 10.6. The van der Waals surface area contributed by atoms with E-state index in [2.05, 4.69) is 5.32 Å². The van der Waals surface area contributed by atoms with Crippen LogP contribution in [0.3, 0.4) is 0 Å². The predicted molar refractivity (Wildman–Crippen MR) is 59.8 cm³/mol. The summed E-state index contributed by atoms with van der Waals surface area (Å²) in [6.07, 6.45) is 0. The van der Waals surface area contributed by atoms with Gasteiger partial charge in [0, 0.05) is 0 Å². The van der Waals surface area contributed by atoms with E-state index in [1.165, 1.54) is 6.07 Å². The molecule has 6 heteroatoms. The summed E-state index contributed by atoms with van der Waals surface area (Å²) >= 11 is 0. The number of carbonyl (C=O) groups is 1. The molecule has 0 aliphatic rings. The third kappa shape index (κ3) is 3.29. The molecular formula is C11H17NO5. The van der Waals surface area contributed by atoms with E-state index in [0.29, 0.717) is 5.76 Å². The van der Waals surface area contributed by atoms with Crippen molar-refractivity contribution in [1.82, 2.24) is 5.32 Å². The van der Waals surface area contributed by atoms with Gasteiger partial charge < -0.3 is 19.7 Å². The second-order valence-electron chi connectivity index (χ2n) is 4.25. The van der Waals surface area contributed by atoms with Gasteiger partial charge in [0.2, 0.25) is 5.76 Å². The van der Waals surface area contributed by atoms with E-state index in [4.69, 9.17) is 19.7 Å². The molecule has 0 aliphatic carbocycles. The molecule has 0 aromatic carbocycles. The van der Waals surface area contributed by atoms with Crippen LogP contribution < -0.4 is 5.32 Å². The van der Waals surface area contributed by atoms with Crippen molar-refractivity contribution >= 4 is 5.97 Å². The molecule has 1 aromatic rings. The first-order valence-electron chi connectivity index (χ1n) is 5.24. The lowest BCUT2D eigenvalue weighted by Crippen LogP contribution is -2.49. The van der Waals surface area contributed by atoms with Crippen LogP contribution in [0.4, 0.5) is 0 Å². The molecule has 1 atom stereocenters. The minimum atomic E-state index is -1.13. The number of aliphatic hydroxyl groups excluding tert-OH is 2. The minimum Gasteiger partial charge on any atom is -0.475 e. The first-order chi connectivity index (χ1) is 7.91. The Hall–Kier alpha value is -1.37. The van der Waals surface area contributed by atoms with Crippen molar-refractivity contribution in [2.24, 2.45) is 0 Å². The number of furan rings is 1. The zero-order valence-corrected chi connectivity index (χ0v) is 9.80. The second-order valence-corrected chi connectivity index (χ2v) is 4.25. The average molecular weight is 243 g/mol. The molecule has 96 valence electrons. The van der Waals surface area contributed by atoms with E-state index in [1.807, 2.05) is 0 Å². The van der Waals surface area contributed by atoms with Crippen molar-refractivity contribution in [2.75, 3.05) is 13.2 Å². The molecule has 1 rings (SSSR count). The van der Waals surface area contributed by atoms with Gasteiger partial charge in [-0.25, -0.2) is 4.79 Å². The van der Waals surface area contributed by atoms with Crippen molar-refractivity contribution in [1.29, 1.82) is 0 Å². The molecule has 1 unspecified atom stereocenters. The van der Waals surface area contributed by atoms with E-state index in [9.17, 15) is 4.79 Å². The molecule has 0 aliphatic heterocycles. The van der Waals surface area contributed by atoms with Crippen LogP contribution in [0, 0.1) is 0 Å². The van der Waals surface area contributed by atoms with Crippen LogP contribution in [-0.2, 0) is 0 Å². The number of aliphatic hydroxyl groups is 2. The maximum Gasteiger partial charge on any atom is 0.371 e. The Balaban J connectivity index is 2.75. The summed E-state index contributed by atoms with van der Waals surface area (Å²) in [5.41, 5.74) is -0.838. The van der Waals surface area contributed by atoms with Gasteiger partial charge in [0.05, 0.1) is 24.8 Å². The normalized spacial score (nSPS) is 13.6. The van der Waals surface area contributed by atoms with Gasteiger partial charge >= 0.3 is 5.97 Å². The Morgan fingerprint density at radius 2 is 2.06 bits per heavy atom. The average Bonchev–Trinajstić information content (AvgIpc) is 2.78. The van der Waals surface area contributed by atoms with Crippen molar-refractivity contribution in [2.45, 2.75) is 25.4 Å². The lowest BCUT2D eigenvalue weighted by molar-refractivity contribution is 0.0655. The summed E-state index contributed by atoms with van der Waals surface area (Å²) in [6, 6.07) is 2.61. The fourth-order valence-electron chi connectivity index (χ4n) is 1.44. The molecule has 0 saturated heterocycles. The van der Waals surface area contributed by atoms with E-state index in [0.717, 1.165) is 0 Å². The monoisotopic (exact) mass is 243 g/mol. The number of hydrogen-bond acceptors (Lipinski definition) is 5. The number of aromatic carboxylic acids is 1. The number of carboxylic acid groups (broad SMARTS) is 1. The minimum absolute atomic E-state index is 0.136. The summed E-state index contributed by atoms with van der Waals surface area (Å²) in [5.74, 6) is -0.825. The molecule has 0 spiro atoms. The van der Waals surface area contributed by atoms with Crippen molar-refractivity contribution in [3.63, 3.8) is 0 Å². The summed E-state index contributed by atoms with van der Waals surface area (Å²) < 4.78 is 5.12. The zero-order valence-electron chi connectivity index (χ0n) is 9.80. The predicted octanol–water partition coefficient (Wildman–Crippen LogP) is 0.372.